The van der Waals surface area contributed by atoms with Crippen molar-refractivity contribution in [2.75, 3.05) is 38.3 Å². The molecule has 0 atom stereocenters. The van der Waals surface area contributed by atoms with Crippen LogP contribution < -0.4 is 19.7 Å². The summed E-state index contributed by atoms with van der Waals surface area (Å²) >= 11 is 0. The summed E-state index contributed by atoms with van der Waals surface area (Å²) in [4.78, 5) is 29.5. The topological polar surface area (TPSA) is 97.6 Å². The first-order valence-electron chi connectivity index (χ1n) is 12.8. The summed E-state index contributed by atoms with van der Waals surface area (Å²) < 4.78 is 19.1. The van der Waals surface area contributed by atoms with Crippen LogP contribution in [0.4, 0.5) is 10.5 Å². The summed E-state index contributed by atoms with van der Waals surface area (Å²) in [6.45, 7) is 3.99. The van der Waals surface area contributed by atoms with Crippen LogP contribution in [-0.2, 0) is 4.74 Å². The Balaban J connectivity index is 1.23. The van der Waals surface area contributed by atoms with Crippen LogP contribution in [0, 0.1) is 6.92 Å². The molecule has 4 heterocycles. The molecule has 0 spiro atoms. The number of urea groups is 1. The third-order valence-electron chi connectivity index (χ3n) is 7.54. The maximum atomic E-state index is 13.0. The lowest BCUT2D eigenvalue weighted by atomic mass is 10.1. The van der Waals surface area contributed by atoms with E-state index in [0.717, 1.165) is 42.5 Å². The number of hydrogen-bond acceptors (Lipinski definition) is 6. The number of carbonyl (C=O) groups is 2. The van der Waals surface area contributed by atoms with Crippen LogP contribution in [0.2, 0.25) is 0 Å². The molecule has 37 heavy (non-hydrogen) atoms. The molecule has 1 saturated carbocycles. The van der Waals surface area contributed by atoms with Gasteiger partial charge in [0.05, 0.1) is 30.1 Å². The first kappa shape index (κ1) is 23.6. The molecule has 2 fully saturated rings. The normalized spacial score (nSPS) is 17.9. The molecule has 2 aliphatic heterocycles. The van der Waals surface area contributed by atoms with Crippen molar-refractivity contribution in [3.05, 3.63) is 47.8 Å². The molecule has 1 aliphatic carbocycles. The molecule has 1 saturated heterocycles. The van der Waals surface area contributed by atoms with Crippen LogP contribution in [0.25, 0.3) is 5.52 Å². The van der Waals surface area contributed by atoms with Crippen molar-refractivity contribution >= 4 is 23.1 Å². The number of carbonyl (C=O) groups excluding carboxylic acids is 2. The SMILES string of the molecule is COC1CN(C(=O)c2cn3nccc(Oc4ccc5c(c4)OCCN5C(=O)NC4CCCC4)c3c2C)C1. The lowest BCUT2D eigenvalue weighted by molar-refractivity contribution is -0.0192. The molecule has 3 aliphatic rings. The molecule has 10 nitrogen and oxygen atoms in total. The molecule has 2 aromatic heterocycles. The molecule has 1 N–H and O–H groups in total. The monoisotopic (exact) mass is 505 g/mol. The number of benzene rings is 1. The van der Waals surface area contributed by atoms with Crippen molar-refractivity contribution in [2.45, 2.75) is 44.8 Å². The van der Waals surface area contributed by atoms with Gasteiger partial charge >= 0.3 is 6.03 Å². The van der Waals surface area contributed by atoms with Gasteiger partial charge in [0.2, 0.25) is 0 Å². The highest BCUT2D eigenvalue weighted by Gasteiger charge is 2.33. The molecule has 0 unspecified atom stereocenters. The number of aryl methyl sites for hydroxylation is 1. The van der Waals surface area contributed by atoms with Crippen LogP contribution >= 0.6 is 0 Å². The maximum Gasteiger partial charge on any atom is 0.322 e. The number of nitrogens with zero attached hydrogens (tertiary/aromatic N) is 4. The predicted molar refractivity (Wildman–Crippen MR) is 137 cm³/mol. The number of aromatic nitrogens is 2. The number of likely N-dealkylation sites (tertiary alicyclic amines) is 1. The molecule has 10 heteroatoms. The molecular formula is C27H31N5O5. The fourth-order valence-corrected chi connectivity index (χ4v) is 5.37. The zero-order valence-corrected chi connectivity index (χ0v) is 21.1. The Morgan fingerprint density at radius 2 is 1.97 bits per heavy atom. The van der Waals surface area contributed by atoms with Gasteiger partial charge in [-0.05, 0) is 37.5 Å². The maximum absolute atomic E-state index is 13.0. The second-order valence-electron chi connectivity index (χ2n) is 9.89. The molecule has 1 aromatic carbocycles. The molecule has 194 valence electrons. The van der Waals surface area contributed by atoms with E-state index in [2.05, 4.69) is 10.4 Å². The van der Waals surface area contributed by atoms with Crippen molar-refractivity contribution in [3.63, 3.8) is 0 Å². The van der Waals surface area contributed by atoms with Gasteiger partial charge in [-0.2, -0.15) is 5.10 Å². The minimum absolute atomic E-state index is 0.0413. The quantitative estimate of drug-likeness (QED) is 0.567. The van der Waals surface area contributed by atoms with E-state index in [9.17, 15) is 9.59 Å². The van der Waals surface area contributed by atoms with Crippen molar-refractivity contribution in [1.82, 2.24) is 19.8 Å². The van der Waals surface area contributed by atoms with E-state index in [-0.39, 0.29) is 24.1 Å². The molecule has 6 rings (SSSR count). The smallest absolute Gasteiger partial charge is 0.322 e. The van der Waals surface area contributed by atoms with Gasteiger partial charge in [-0.1, -0.05) is 12.8 Å². The number of rotatable bonds is 5. The summed E-state index contributed by atoms with van der Waals surface area (Å²) in [5.41, 5.74) is 2.85. The van der Waals surface area contributed by atoms with Crippen molar-refractivity contribution in [2.24, 2.45) is 0 Å². The van der Waals surface area contributed by atoms with E-state index in [4.69, 9.17) is 14.2 Å². The van der Waals surface area contributed by atoms with Gasteiger partial charge < -0.3 is 24.4 Å². The highest BCUT2D eigenvalue weighted by molar-refractivity contribution is 5.99. The van der Waals surface area contributed by atoms with Crippen LogP contribution in [0.15, 0.2) is 36.7 Å². The summed E-state index contributed by atoms with van der Waals surface area (Å²) in [6, 6.07) is 7.43. The Kier molecular flexibility index (Phi) is 6.11. The Labute approximate surface area is 215 Å². The van der Waals surface area contributed by atoms with Gasteiger partial charge in [0.1, 0.15) is 23.6 Å². The van der Waals surface area contributed by atoms with Crippen LogP contribution in [-0.4, -0.2) is 71.9 Å². The zero-order chi connectivity index (χ0) is 25.5. The lowest BCUT2D eigenvalue weighted by Crippen LogP contribution is -2.54. The Bertz CT molecular complexity index is 1340. The standard InChI is InChI=1S/C27H31N5O5/c1-17-21(26(33)30-14-20(15-30)35-2)16-32-25(17)23(9-10-28-32)37-19-7-8-22-24(13-19)36-12-11-31(22)27(34)29-18-5-3-4-6-18/h7-10,13,16,18,20H,3-6,11-12,14-15H2,1-2H3,(H,29,34). The molecule has 3 amide bonds. The van der Waals surface area contributed by atoms with Gasteiger partial charge in [0, 0.05) is 44.6 Å². The van der Waals surface area contributed by atoms with E-state index < -0.39 is 0 Å². The third kappa shape index (κ3) is 4.35. The second-order valence-corrected chi connectivity index (χ2v) is 9.89. The number of fused-ring (bicyclic) bond motifs is 2. The van der Waals surface area contributed by atoms with Gasteiger partial charge in [0.15, 0.2) is 5.75 Å². The third-order valence-corrected chi connectivity index (χ3v) is 7.54. The Hall–Kier alpha value is -3.79. The first-order valence-corrected chi connectivity index (χ1v) is 12.8. The molecular weight excluding hydrogens is 474 g/mol. The lowest BCUT2D eigenvalue weighted by Gasteiger charge is -2.38. The van der Waals surface area contributed by atoms with Crippen LogP contribution in [0.5, 0.6) is 17.2 Å². The number of ether oxygens (including phenoxy) is 3. The highest BCUT2D eigenvalue weighted by atomic mass is 16.5. The van der Waals surface area contributed by atoms with E-state index in [1.807, 2.05) is 19.1 Å². The van der Waals surface area contributed by atoms with Crippen molar-refractivity contribution < 1.29 is 23.8 Å². The van der Waals surface area contributed by atoms with Crippen LogP contribution in [0.3, 0.4) is 0 Å². The van der Waals surface area contributed by atoms with Crippen molar-refractivity contribution in [3.8, 4) is 17.2 Å². The Morgan fingerprint density at radius 1 is 1.16 bits per heavy atom. The van der Waals surface area contributed by atoms with Crippen molar-refractivity contribution in [1.29, 1.82) is 0 Å². The summed E-state index contributed by atoms with van der Waals surface area (Å²) in [5, 5.41) is 7.54. The zero-order valence-electron chi connectivity index (χ0n) is 21.1. The minimum Gasteiger partial charge on any atom is -0.489 e. The largest absolute Gasteiger partial charge is 0.489 e. The van der Waals surface area contributed by atoms with Crippen LogP contribution in [0.1, 0.15) is 41.6 Å². The predicted octanol–water partition coefficient (Wildman–Crippen LogP) is 3.76. The molecule has 0 radical (unpaired) electrons. The second kappa shape index (κ2) is 9.59. The molecule has 0 bridgehead atoms. The van der Waals surface area contributed by atoms with Gasteiger partial charge in [-0.25, -0.2) is 9.31 Å². The average Bonchev–Trinajstić information content (AvgIpc) is 3.51. The summed E-state index contributed by atoms with van der Waals surface area (Å²) in [5.74, 6) is 1.71. The van der Waals surface area contributed by atoms with E-state index in [0.29, 0.717) is 49.1 Å². The van der Waals surface area contributed by atoms with E-state index in [1.54, 1.807) is 46.0 Å². The average molecular weight is 506 g/mol. The van der Waals surface area contributed by atoms with E-state index >= 15 is 0 Å². The minimum atomic E-state index is -0.0824. The van der Waals surface area contributed by atoms with Gasteiger partial charge in [-0.15, -0.1) is 0 Å². The highest BCUT2D eigenvalue weighted by Crippen LogP contribution is 2.38. The summed E-state index contributed by atoms with van der Waals surface area (Å²) in [6.07, 6.45) is 7.88. The number of hydrogen-bond donors (Lipinski definition) is 1. The Morgan fingerprint density at radius 3 is 2.76 bits per heavy atom. The first-order chi connectivity index (χ1) is 18.0. The fraction of sp³-hybridized carbons (Fsp3) is 0.444. The van der Waals surface area contributed by atoms with Gasteiger partial charge in [0.25, 0.3) is 5.91 Å². The number of amides is 3. The fourth-order valence-electron chi connectivity index (χ4n) is 5.37. The van der Waals surface area contributed by atoms with Gasteiger partial charge in [-0.3, -0.25) is 9.69 Å². The molecule has 3 aromatic rings. The summed E-state index contributed by atoms with van der Waals surface area (Å²) in [7, 11) is 1.66. The number of nitrogens with one attached hydrogen (secondary N) is 1. The van der Waals surface area contributed by atoms with E-state index in [1.165, 1.54) is 0 Å². The number of methoxy groups -OCH3 is 1. The number of anilines is 1.